The van der Waals surface area contributed by atoms with Gasteiger partial charge in [0.05, 0.1) is 0 Å². The van der Waals surface area contributed by atoms with E-state index in [0.29, 0.717) is 48.4 Å². The maximum absolute atomic E-state index is 12.7. The third kappa shape index (κ3) is 3.42. The first-order valence-electron chi connectivity index (χ1n) is 8.57. The number of fused-ring (bicyclic) bond motifs is 1. The first-order valence-corrected chi connectivity index (χ1v) is 9.72. The number of pyridine rings is 1. The summed E-state index contributed by atoms with van der Waals surface area (Å²) in [5.74, 6) is -0.718. The minimum absolute atomic E-state index is 0.122. The fraction of sp³-hybridized carbons (Fsp3) is 0.556. The van der Waals surface area contributed by atoms with Crippen molar-refractivity contribution in [3.8, 4) is 0 Å². The number of carboxylic acids is 1. The van der Waals surface area contributed by atoms with Crippen LogP contribution >= 0.6 is 11.8 Å². The molecular weight excluding hydrogens is 356 g/mol. The lowest BCUT2D eigenvalue weighted by atomic mass is 9.75. The molecule has 1 saturated heterocycles. The lowest BCUT2D eigenvalue weighted by Crippen LogP contribution is -2.57. The van der Waals surface area contributed by atoms with E-state index in [1.165, 1.54) is 6.07 Å². The molecular formula is C18H22N2O5S. The largest absolute Gasteiger partial charge is 0.480 e. The second kappa shape index (κ2) is 6.57. The molecule has 0 bridgehead atoms. The van der Waals surface area contributed by atoms with Gasteiger partial charge >= 0.3 is 5.97 Å². The molecule has 3 rings (SSSR count). The van der Waals surface area contributed by atoms with Gasteiger partial charge in [0.1, 0.15) is 11.1 Å². The summed E-state index contributed by atoms with van der Waals surface area (Å²) < 4.78 is 0. The zero-order valence-corrected chi connectivity index (χ0v) is 15.6. The number of carboxylic acid groups (broad SMARTS) is 1. The van der Waals surface area contributed by atoms with Gasteiger partial charge in [-0.1, -0.05) is 13.8 Å². The second-order valence-electron chi connectivity index (χ2n) is 7.80. The van der Waals surface area contributed by atoms with Crippen molar-refractivity contribution in [1.29, 1.82) is 0 Å². The van der Waals surface area contributed by atoms with Crippen LogP contribution < -0.4 is 10.9 Å². The Hall–Kier alpha value is -2.09. The SMILES string of the molecule is CC1(C)CC(=O)c2cc(C(=O)NC3(C(=O)O)CCSCC3)c(=O)[nH]c2C1. The first-order chi connectivity index (χ1) is 12.1. The molecule has 0 aromatic carbocycles. The average molecular weight is 378 g/mol. The summed E-state index contributed by atoms with van der Waals surface area (Å²) in [6.07, 6.45) is 1.48. The molecule has 0 radical (unpaired) electrons. The highest BCUT2D eigenvalue weighted by atomic mass is 32.2. The van der Waals surface area contributed by atoms with E-state index in [4.69, 9.17) is 0 Å². The van der Waals surface area contributed by atoms with Crippen molar-refractivity contribution < 1.29 is 19.5 Å². The van der Waals surface area contributed by atoms with Crippen molar-refractivity contribution in [2.75, 3.05) is 11.5 Å². The first kappa shape index (κ1) is 18.7. The summed E-state index contributed by atoms with van der Waals surface area (Å²) >= 11 is 1.63. The van der Waals surface area contributed by atoms with Crippen LogP contribution in [0.5, 0.6) is 0 Å². The van der Waals surface area contributed by atoms with E-state index in [0.717, 1.165) is 0 Å². The number of ketones is 1. The van der Waals surface area contributed by atoms with Gasteiger partial charge < -0.3 is 15.4 Å². The Kier molecular flexibility index (Phi) is 4.72. The van der Waals surface area contributed by atoms with Gasteiger partial charge in [0.25, 0.3) is 11.5 Å². The van der Waals surface area contributed by atoms with Crippen molar-refractivity contribution in [3.05, 3.63) is 33.2 Å². The standard InChI is InChI=1S/C18H22N2O5S/c1-17(2)8-12-10(13(21)9-17)7-11(14(22)19-12)15(23)20-18(16(24)25)3-5-26-6-4-18/h7H,3-6,8-9H2,1-2H3,(H,19,22)(H,20,23)(H,24,25). The number of hydrogen-bond acceptors (Lipinski definition) is 5. The Labute approximate surface area is 154 Å². The molecule has 2 aliphatic rings. The van der Waals surface area contributed by atoms with E-state index < -0.39 is 23.0 Å². The molecule has 2 heterocycles. The van der Waals surface area contributed by atoms with Crippen LogP contribution in [-0.4, -0.2) is 44.8 Å². The van der Waals surface area contributed by atoms with Crippen LogP contribution in [-0.2, 0) is 11.2 Å². The van der Waals surface area contributed by atoms with Gasteiger partial charge in [0.15, 0.2) is 5.78 Å². The molecule has 1 aromatic rings. The fourth-order valence-corrected chi connectivity index (χ4v) is 4.78. The molecule has 7 nitrogen and oxygen atoms in total. The van der Waals surface area contributed by atoms with Crippen molar-refractivity contribution in [3.63, 3.8) is 0 Å². The molecule has 0 unspecified atom stereocenters. The van der Waals surface area contributed by atoms with Crippen LogP contribution in [0.4, 0.5) is 0 Å². The maximum Gasteiger partial charge on any atom is 0.329 e. The highest BCUT2D eigenvalue weighted by molar-refractivity contribution is 7.99. The van der Waals surface area contributed by atoms with Crippen molar-refractivity contribution >= 4 is 29.4 Å². The van der Waals surface area contributed by atoms with Crippen LogP contribution in [0.1, 0.15) is 59.5 Å². The third-order valence-corrected chi connectivity index (χ3v) is 6.06. The number of aromatic amines is 1. The lowest BCUT2D eigenvalue weighted by molar-refractivity contribution is -0.144. The normalized spacial score (nSPS) is 20.9. The minimum Gasteiger partial charge on any atom is -0.480 e. The number of rotatable bonds is 3. The van der Waals surface area contributed by atoms with Crippen LogP contribution in [0.3, 0.4) is 0 Å². The van der Waals surface area contributed by atoms with Crippen LogP contribution in [0.25, 0.3) is 0 Å². The van der Waals surface area contributed by atoms with E-state index in [1.54, 1.807) is 11.8 Å². The smallest absolute Gasteiger partial charge is 0.329 e. The number of carbonyl (C=O) groups is 3. The molecule has 1 aromatic heterocycles. The van der Waals surface area contributed by atoms with E-state index in [1.807, 2.05) is 13.8 Å². The Morgan fingerprint density at radius 1 is 1.19 bits per heavy atom. The number of aromatic nitrogens is 1. The number of H-pyrrole nitrogens is 1. The number of amides is 1. The monoisotopic (exact) mass is 378 g/mol. The van der Waals surface area contributed by atoms with Crippen molar-refractivity contribution in [1.82, 2.24) is 10.3 Å². The number of hydrogen-bond donors (Lipinski definition) is 3. The maximum atomic E-state index is 12.7. The Morgan fingerprint density at radius 2 is 1.85 bits per heavy atom. The molecule has 0 saturated carbocycles. The minimum atomic E-state index is -1.36. The number of nitrogens with one attached hydrogen (secondary N) is 2. The van der Waals surface area contributed by atoms with Crippen LogP contribution in [0.2, 0.25) is 0 Å². The Morgan fingerprint density at radius 3 is 2.46 bits per heavy atom. The van der Waals surface area contributed by atoms with E-state index in [9.17, 15) is 24.3 Å². The molecule has 1 fully saturated rings. The molecule has 3 N–H and O–H groups in total. The zero-order chi connectivity index (χ0) is 19.1. The number of thioether (sulfide) groups is 1. The average Bonchev–Trinajstić information content (AvgIpc) is 2.53. The predicted octanol–water partition coefficient (Wildman–Crippen LogP) is 1.61. The number of Topliss-reactive ketones (excluding diaryl/α,β-unsaturated/α-hetero) is 1. The number of carbonyl (C=O) groups excluding carboxylic acids is 2. The van der Waals surface area contributed by atoms with E-state index in [-0.39, 0.29) is 16.8 Å². The third-order valence-electron chi connectivity index (χ3n) is 5.07. The lowest BCUT2D eigenvalue weighted by Gasteiger charge is -2.34. The van der Waals surface area contributed by atoms with Gasteiger partial charge in [-0.05, 0) is 42.2 Å². The second-order valence-corrected chi connectivity index (χ2v) is 9.02. The molecule has 8 heteroatoms. The van der Waals surface area contributed by atoms with Gasteiger partial charge in [-0.25, -0.2) is 4.79 Å². The molecule has 0 atom stereocenters. The van der Waals surface area contributed by atoms with Gasteiger partial charge in [0.2, 0.25) is 0 Å². The molecule has 1 aliphatic carbocycles. The summed E-state index contributed by atoms with van der Waals surface area (Å²) in [5, 5.41) is 12.1. The summed E-state index contributed by atoms with van der Waals surface area (Å²) in [6, 6.07) is 1.31. The topological polar surface area (TPSA) is 116 Å². The molecule has 1 aliphatic heterocycles. The molecule has 140 valence electrons. The fourth-order valence-electron chi connectivity index (χ4n) is 3.59. The van der Waals surface area contributed by atoms with Gasteiger partial charge in [-0.3, -0.25) is 14.4 Å². The van der Waals surface area contributed by atoms with E-state index in [2.05, 4.69) is 10.3 Å². The quantitative estimate of drug-likeness (QED) is 0.736. The Bertz CT molecular complexity index is 836. The summed E-state index contributed by atoms with van der Waals surface area (Å²) in [6.45, 7) is 3.90. The van der Waals surface area contributed by atoms with Gasteiger partial charge in [-0.15, -0.1) is 0 Å². The van der Waals surface area contributed by atoms with Crippen molar-refractivity contribution in [2.24, 2.45) is 5.41 Å². The van der Waals surface area contributed by atoms with Crippen molar-refractivity contribution in [2.45, 2.75) is 45.1 Å². The number of aliphatic carboxylic acids is 1. The Balaban J connectivity index is 1.93. The highest BCUT2D eigenvalue weighted by Crippen LogP contribution is 2.33. The molecule has 0 spiro atoms. The predicted molar refractivity (Wildman–Crippen MR) is 97.9 cm³/mol. The summed E-state index contributed by atoms with van der Waals surface area (Å²) in [5.41, 5.74) is -1.54. The molecule has 26 heavy (non-hydrogen) atoms. The van der Waals surface area contributed by atoms with E-state index >= 15 is 0 Å². The molecule has 1 amide bonds. The van der Waals surface area contributed by atoms with Gasteiger partial charge in [-0.2, -0.15) is 11.8 Å². The summed E-state index contributed by atoms with van der Waals surface area (Å²) in [7, 11) is 0. The zero-order valence-electron chi connectivity index (χ0n) is 14.8. The highest BCUT2D eigenvalue weighted by Gasteiger charge is 2.42. The van der Waals surface area contributed by atoms with Crippen LogP contribution in [0, 0.1) is 5.41 Å². The summed E-state index contributed by atoms with van der Waals surface area (Å²) in [4.78, 5) is 51.8. The van der Waals surface area contributed by atoms with Crippen LogP contribution in [0.15, 0.2) is 10.9 Å². The van der Waals surface area contributed by atoms with Gasteiger partial charge in [0, 0.05) is 17.7 Å².